The smallest absolute Gasteiger partial charge is 0.126 e. The van der Waals surface area contributed by atoms with Crippen molar-refractivity contribution in [2.75, 3.05) is 13.7 Å². The minimum Gasteiger partial charge on any atom is -0.493 e. The van der Waals surface area contributed by atoms with Gasteiger partial charge in [-0.2, -0.15) is 0 Å². The molecule has 0 saturated heterocycles. The molecule has 0 heterocycles. The lowest BCUT2D eigenvalue weighted by atomic mass is 10.1. The third kappa shape index (κ3) is 5.18. The SMILES string of the molecule is CNC(C)CCCCOc1cc(F)ccc1C. The van der Waals surface area contributed by atoms with E-state index >= 15 is 0 Å². The second-order valence-electron chi connectivity index (χ2n) is 4.44. The first-order valence-corrected chi connectivity index (χ1v) is 6.19. The first-order chi connectivity index (χ1) is 8.13. The van der Waals surface area contributed by atoms with Crippen molar-refractivity contribution in [2.45, 2.75) is 39.2 Å². The van der Waals surface area contributed by atoms with Gasteiger partial charge >= 0.3 is 0 Å². The van der Waals surface area contributed by atoms with Gasteiger partial charge in [-0.1, -0.05) is 6.07 Å². The second-order valence-corrected chi connectivity index (χ2v) is 4.44. The second kappa shape index (κ2) is 7.28. The van der Waals surface area contributed by atoms with Crippen LogP contribution in [0.1, 0.15) is 31.7 Å². The van der Waals surface area contributed by atoms with Gasteiger partial charge in [-0.25, -0.2) is 4.39 Å². The van der Waals surface area contributed by atoms with Crippen LogP contribution in [0.5, 0.6) is 5.75 Å². The summed E-state index contributed by atoms with van der Waals surface area (Å²) in [5.41, 5.74) is 0.981. The summed E-state index contributed by atoms with van der Waals surface area (Å²) in [6.45, 7) is 4.75. The van der Waals surface area contributed by atoms with Crippen LogP contribution in [0.4, 0.5) is 4.39 Å². The number of nitrogens with one attached hydrogen (secondary N) is 1. The van der Waals surface area contributed by atoms with Crippen molar-refractivity contribution in [2.24, 2.45) is 0 Å². The molecule has 1 atom stereocenters. The molecule has 0 saturated carbocycles. The standard InChI is InChI=1S/C14H22FNO/c1-11-7-8-13(15)10-14(11)17-9-5-4-6-12(2)16-3/h7-8,10,12,16H,4-6,9H2,1-3H3. The number of halogens is 1. The highest BCUT2D eigenvalue weighted by atomic mass is 19.1. The fourth-order valence-electron chi connectivity index (χ4n) is 1.61. The van der Waals surface area contributed by atoms with Crippen LogP contribution in [0.25, 0.3) is 0 Å². The molecule has 1 aromatic rings. The molecule has 17 heavy (non-hydrogen) atoms. The lowest BCUT2D eigenvalue weighted by molar-refractivity contribution is 0.299. The number of benzene rings is 1. The summed E-state index contributed by atoms with van der Waals surface area (Å²) in [5, 5.41) is 3.20. The summed E-state index contributed by atoms with van der Waals surface area (Å²) >= 11 is 0. The maximum Gasteiger partial charge on any atom is 0.126 e. The minimum atomic E-state index is -0.241. The molecule has 1 N–H and O–H groups in total. The molecule has 0 bridgehead atoms. The molecular formula is C14H22FNO. The van der Waals surface area contributed by atoms with E-state index in [1.807, 2.05) is 14.0 Å². The zero-order valence-electron chi connectivity index (χ0n) is 10.9. The number of ether oxygens (including phenoxy) is 1. The molecule has 2 nitrogen and oxygen atoms in total. The number of hydrogen-bond donors (Lipinski definition) is 1. The quantitative estimate of drug-likeness (QED) is 0.737. The monoisotopic (exact) mass is 239 g/mol. The van der Waals surface area contributed by atoms with Gasteiger partial charge in [0.1, 0.15) is 11.6 Å². The van der Waals surface area contributed by atoms with Crippen LogP contribution < -0.4 is 10.1 Å². The third-order valence-electron chi connectivity index (χ3n) is 2.93. The first kappa shape index (κ1) is 14.0. The molecule has 96 valence electrons. The van der Waals surface area contributed by atoms with Crippen LogP contribution in [0.15, 0.2) is 18.2 Å². The summed E-state index contributed by atoms with van der Waals surface area (Å²) in [4.78, 5) is 0. The number of unbranched alkanes of at least 4 members (excludes halogenated alkanes) is 1. The van der Waals surface area contributed by atoms with E-state index < -0.39 is 0 Å². The molecule has 1 rings (SSSR count). The van der Waals surface area contributed by atoms with Gasteiger partial charge in [-0.05, 0) is 51.8 Å². The van der Waals surface area contributed by atoms with Crippen molar-refractivity contribution < 1.29 is 9.13 Å². The molecule has 1 unspecified atom stereocenters. The molecule has 1 aromatic carbocycles. The average molecular weight is 239 g/mol. The molecule has 0 fully saturated rings. The average Bonchev–Trinajstić information content (AvgIpc) is 2.32. The maximum atomic E-state index is 13.0. The summed E-state index contributed by atoms with van der Waals surface area (Å²) in [5.74, 6) is 0.418. The van der Waals surface area contributed by atoms with E-state index in [1.165, 1.54) is 12.1 Å². The third-order valence-corrected chi connectivity index (χ3v) is 2.93. The van der Waals surface area contributed by atoms with Crippen molar-refractivity contribution in [3.63, 3.8) is 0 Å². The van der Waals surface area contributed by atoms with Crippen LogP contribution >= 0.6 is 0 Å². The van der Waals surface area contributed by atoms with Gasteiger partial charge in [0.25, 0.3) is 0 Å². The minimum absolute atomic E-state index is 0.241. The lowest BCUT2D eigenvalue weighted by Gasteiger charge is -2.11. The Bertz CT molecular complexity index is 341. The Morgan fingerprint density at radius 2 is 2.12 bits per heavy atom. The summed E-state index contributed by atoms with van der Waals surface area (Å²) in [7, 11) is 1.97. The van der Waals surface area contributed by atoms with Gasteiger partial charge in [0.05, 0.1) is 6.61 Å². The van der Waals surface area contributed by atoms with Crippen LogP contribution in [0.3, 0.4) is 0 Å². The summed E-state index contributed by atoms with van der Waals surface area (Å²) in [6, 6.07) is 5.20. The van der Waals surface area contributed by atoms with Gasteiger partial charge < -0.3 is 10.1 Å². The molecule has 0 radical (unpaired) electrons. The van der Waals surface area contributed by atoms with E-state index in [2.05, 4.69) is 12.2 Å². The Balaban J connectivity index is 2.24. The fraction of sp³-hybridized carbons (Fsp3) is 0.571. The van der Waals surface area contributed by atoms with E-state index in [0.717, 1.165) is 24.8 Å². The van der Waals surface area contributed by atoms with Crippen molar-refractivity contribution in [1.82, 2.24) is 5.32 Å². The van der Waals surface area contributed by atoms with E-state index in [0.29, 0.717) is 18.4 Å². The number of hydrogen-bond acceptors (Lipinski definition) is 2. The van der Waals surface area contributed by atoms with Crippen molar-refractivity contribution in [1.29, 1.82) is 0 Å². The zero-order valence-corrected chi connectivity index (χ0v) is 10.9. The van der Waals surface area contributed by atoms with E-state index in [-0.39, 0.29) is 5.82 Å². The van der Waals surface area contributed by atoms with Gasteiger partial charge in [-0.3, -0.25) is 0 Å². The molecule has 3 heteroatoms. The van der Waals surface area contributed by atoms with Crippen LogP contribution in [-0.4, -0.2) is 19.7 Å². The normalized spacial score (nSPS) is 12.5. The number of rotatable bonds is 7. The molecular weight excluding hydrogens is 217 g/mol. The van der Waals surface area contributed by atoms with Gasteiger partial charge in [0, 0.05) is 12.1 Å². The molecule has 0 aliphatic carbocycles. The topological polar surface area (TPSA) is 21.3 Å². The highest BCUT2D eigenvalue weighted by molar-refractivity contribution is 5.32. The molecule has 0 aliphatic rings. The predicted octanol–water partition coefficient (Wildman–Crippen LogP) is 3.29. The molecule has 0 aromatic heterocycles. The molecule has 0 amide bonds. The van der Waals surface area contributed by atoms with E-state index in [9.17, 15) is 4.39 Å². The van der Waals surface area contributed by atoms with Crippen molar-refractivity contribution in [3.8, 4) is 5.75 Å². The Hall–Kier alpha value is -1.09. The lowest BCUT2D eigenvalue weighted by Crippen LogP contribution is -2.20. The predicted molar refractivity (Wildman–Crippen MR) is 69.0 cm³/mol. The maximum absolute atomic E-state index is 13.0. The summed E-state index contributed by atoms with van der Waals surface area (Å²) < 4.78 is 18.6. The van der Waals surface area contributed by atoms with Crippen LogP contribution in [-0.2, 0) is 0 Å². The largest absolute Gasteiger partial charge is 0.493 e. The van der Waals surface area contributed by atoms with Gasteiger partial charge in [0.2, 0.25) is 0 Å². The Morgan fingerprint density at radius 1 is 1.35 bits per heavy atom. The van der Waals surface area contributed by atoms with E-state index in [1.54, 1.807) is 6.07 Å². The van der Waals surface area contributed by atoms with Gasteiger partial charge in [0.15, 0.2) is 0 Å². The highest BCUT2D eigenvalue weighted by Crippen LogP contribution is 2.19. The highest BCUT2D eigenvalue weighted by Gasteiger charge is 2.02. The zero-order chi connectivity index (χ0) is 12.7. The number of aryl methyl sites for hydroxylation is 1. The molecule has 0 spiro atoms. The van der Waals surface area contributed by atoms with Crippen LogP contribution in [0, 0.1) is 12.7 Å². The van der Waals surface area contributed by atoms with Crippen LogP contribution in [0.2, 0.25) is 0 Å². The fourth-order valence-corrected chi connectivity index (χ4v) is 1.61. The Kier molecular flexibility index (Phi) is 5.98. The first-order valence-electron chi connectivity index (χ1n) is 6.19. The Morgan fingerprint density at radius 3 is 2.82 bits per heavy atom. The summed E-state index contributed by atoms with van der Waals surface area (Å²) in [6.07, 6.45) is 3.26. The van der Waals surface area contributed by atoms with E-state index in [4.69, 9.17) is 4.74 Å². The van der Waals surface area contributed by atoms with Gasteiger partial charge in [-0.15, -0.1) is 0 Å². The van der Waals surface area contributed by atoms with Crippen molar-refractivity contribution >= 4 is 0 Å². The van der Waals surface area contributed by atoms with Crippen molar-refractivity contribution in [3.05, 3.63) is 29.6 Å². The molecule has 0 aliphatic heterocycles. The Labute approximate surface area is 103 Å².